The normalized spacial score (nSPS) is 51.3. The van der Waals surface area contributed by atoms with Crippen LogP contribution in [0.2, 0.25) is 0 Å². The van der Waals surface area contributed by atoms with Crippen LogP contribution in [0.15, 0.2) is 11.6 Å². The Morgan fingerprint density at radius 2 is 1.94 bits per heavy atom. The van der Waals surface area contributed by atoms with Gasteiger partial charge in [-0.05, 0) is 92.4 Å². The average Bonchev–Trinajstić information content (AvgIpc) is 3.38. The van der Waals surface area contributed by atoms with E-state index in [1.54, 1.807) is 6.08 Å². The molecule has 6 nitrogen and oxygen atoms in total. The summed E-state index contributed by atoms with van der Waals surface area (Å²) in [5.41, 5.74) is 0.619. The predicted octanol–water partition coefficient (Wildman–Crippen LogP) is 3.31. The molecule has 1 saturated heterocycles. The Balaban J connectivity index is 1.22. The van der Waals surface area contributed by atoms with Crippen LogP contribution in [0.1, 0.15) is 71.6 Å². The van der Waals surface area contributed by atoms with Crippen LogP contribution < -0.4 is 0 Å². The number of aliphatic hydroxyl groups is 2. The SMILES string of the molecule is C[C@]12CC[C@H](N3CCOC[C@@H]3CO)C[C@H]1CC[C@@H]1[C@@H]2CC[C@]2(C)[C@@H](C3=CC(=O)OC3)CC[C@]12O. The molecule has 0 unspecified atom stereocenters. The second-order valence-corrected chi connectivity index (χ2v) is 12.9. The van der Waals surface area contributed by atoms with Gasteiger partial charge in [0.1, 0.15) is 6.61 Å². The Labute approximate surface area is 204 Å². The fraction of sp³-hybridized carbons (Fsp3) is 0.893. The highest BCUT2D eigenvalue weighted by molar-refractivity contribution is 5.85. The first-order chi connectivity index (χ1) is 16.3. The third kappa shape index (κ3) is 3.24. The number of morpholine rings is 1. The van der Waals surface area contributed by atoms with Crippen molar-refractivity contribution in [1.29, 1.82) is 0 Å². The van der Waals surface area contributed by atoms with Gasteiger partial charge in [-0.2, -0.15) is 0 Å². The standard InChI is InChI=1S/C28H43NO5/c1-26-8-5-20(29-11-12-33-17-21(29)15-30)14-19(26)3-4-24-23(26)6-9-27(2)22(7-10-28(24,27)32)18-13-25(31)34-16-18/h13,19-24,30,32H,3-12,14-17H2,1-2H3/t19-,20+,21+,22-,23+,24-,26+,27-,28+/m1/s1. The average molecular weight is 474 g/mol. The summed E-state index contributed by atoms with van der Waals surface area (Å²) in [6.45, 7) is 7.82. The van der Waals surface area contributed by atoms with Crippen molar-refractivity contribution in [3.05, 3.63) is 11.6 Å². The molecule has 0 aromatic carbocycles. The molecule has 6 aliphatic rings. The molecular formula is C28H43NO5. The van der Waals surface area contributed by atoms with E-state index < -0.39 is 5.60 Å². The minimum absolute atomic E-state index is 0.145. The van der Waals surface area contributed by atoms with E-state index in [1.165, 1.54) is 32.1 Å². The van der Waals surface area contributed by atoms with E-state index in [1.807, 2.05) is 0 Å². The van der Waals surface area contributed by atoms with Gasteiger partial charge in [-0.1, -0.05) is 13.8 Å². The monoisotopic (exact) mass is 473 g/mol. The molecule has 0 spiro atoms. The summed E-state index contributed by atoms with van der Waals surface area (Å²) in [5.74, 6) is 1.70. The van der Waals surface area contributed by atoms with Crippen molar-refractivity contribution in [1.82, 2.24) is 4.90 Å². The Hall–Kier alpha value is -0.950. The first-order valence-electron chi connectivity index (χ1n) is 13.8. The maximum atomic E-state index is 12.4. The minimum Gasteiger partial charge on any atom is -0.458 e. The lowest BCUT2D eigenvalue weighted by atomic mass is 9.43. The molecule has 0 bridgehead atoms. The van der Waals surface area contributed by atoms with Crippen molar-refractivity contribution < 1.29 is 24.5 Å². The van der Waals surface area contributed by atoms with Gasteiger partial charge in [-0.3, -0.25) is 4.90 Å². The van der Waals surface area contributed by atoms with Gasteiger partial charge in [-0.25, -0.2) is 4.79 Å². The third-order valence-electron chi connectivity index (χ3n) is 11.9. The van der Waals surface area contributed by atoms with E-state index in [-0.39, 0.29) is 30.0 Å². The van der Waals surface area contributed by atoms with Gasteiger partial charge >= 0.3 is 5.97 Å². The van der Waals surface area contributed by atoms with Crippen molar-refractivity contribution in [2.75, 3.05) is 33.0 Å². The molecule has 2 aliphatic heterocycles. The van der Waals surface area contributed by atoms with Crippen molar-refractivity contribution >= 4 is 5.97 Å². The summed E-state index contributed by atoms with van der Waals surface area (Å²) >= 11 is 0. The topological polar surface area (TPSA) is 79.2 Å². The Kier molecular flexibility index (Phi) is 5.72. The van der Waals surface area contributed by atoms with Crippen LogP contribution in [-0.4, -0.2) is 71.7 Å². The smallest absolute Gasteiger partial charge is 0.331 e. The maximum absolute atomic E-state index is 12.4. The number of rotatable bonds is 3. The third-order valence-corrected chi connectivity index (χ3v) is 11.9. The van der Waals surface area contributed by atoms with E-state index in [4.69, 9.17) is 9.47 Å². The van der Waals surface area contributed by atoms with Gasteiger partial charge in [0.05, 0.1) is 31.5 Å². The number of carbonyl (C=O) groups excluding carboxylic acids is 1. The zero-order valence-corrected chi connectivity index (χ0v) is 21.0. The fourth-order valence-corrected chi connectivity index (χ4v) is 9.99. The second kappa shape index (κ2) is 8.29. The number of hydrogen-bond acceptors (Lipinski definition) is 6. The molecule has 190 valence electrons. The van der Waals surface area contributed by atoms with Crippen LogP contribution in [0.5, 0.6) is 0 Å². The zero-order valence-electron chi connectivity index (χ0n) is 21.0. The summed E-state index contributed by atoms with van der Waals surface area (Å²) in [4.78, 5) is 14.3. The van der Waals surface area contributed by atoms with E-state index >= 15 is 0 Å². The maximum Gasteiger partial charge on any atom is 0.331 e. The molecule has 2 N–H and O–H groups in total. The number of aliphatic hydroxyl groups excluding tert-OH is 1. The quantitative estimate of drug-likeness (QED) is 0.613. The molecular weight excluding hydrogens is 430 g/mol. The minimum atomic E-state index is -0.635. The van der Waals surface area contributed by atoms with E-state index in [9.17, 15) is 15.0 Å². The van der Waals surface area contributed by atoms with Gasteiger partial charge in [0, 0.05) is 24.1 Å². The Morgan fingerprint density at radius 3 is 2.71 bits per heavy atom. The number of cyclic esters (lactones) is 1. The van der Waals surface area contributed by atoms with Crippen molar-refractivity contribution in [3.63, 3.8) is 0 Å². The van der Waals surface area contributed by atoms with Crippen LogP contribution in [0.25, 0.3) is 0 Å². The van der Waals surface area contributed by atoms with Gasteiger partial charge in [0.25, 0.3) is 0 Å². The summed E-state index contributed by atoms with van der Waals surface area (Å²) < 4.78 is 10.9. The van der Waals surface area contributed by atoms with Gasteiger partial charge < -0.3 is 19.7 Å². The molecule has 6 heteroatoms. The first-order valence-corrected chi connectivity index (χ1v) is 13.8. The lowest BCUT2D eigenvalue weighted by molar-refractivity contribution is -0.208. The number of fused-ring (bicyclic) bond motifs is 5. The molecule has 9 atom stereocenters. The Morgan fingerprint density at radius 1 is 1.09 bits per heavy atom. The van der Waals surface area contributed by atoms with E-state index in [0.717, 1.165) is 44.4 Å². The molecule has 4 aliphatic carbocycles. The molecule has 5 fully saturated rings. The molecule has 2 heterocycles. The van der Waals surface area contributed by atoms with Gasteiger partial charge in [0.15, 0.2) is 0 Å². The highest BCUT2D eigenvalue weighted by Crippen LogP contribution is 2.70. The van der Waals surface area contributed by atoms with E-state index in [2.05, 4.69) is 18.7 Å². The summed E-state index contributed by atoms with van der Waals surface area (Å²) in [7, 11) is 0. The molecule has 0 amide bonds. The highest BCUT2D eigenvalue weighted by Gasteiger charge is 2.67. The molecule has 0 radical (unpaired) electrons. The number of hydrogen-bond donors (Lipinski definition) is 2. The molecule has 6 rings (SSSR count). The van der Waals surface area contributed by atoms with Crippen LogP contribution in [0, 0.1) is 34.5 Å². The van der Waals surface area contributed by atoms with Crippen LogP contribution in [0.3, 0.4) is 0 Å². The van der Waals surface area contributed by atoms with Crippen molar-refractivity contribution in [3.8, 4) is 0 Å². The second-order valence-electron chi connectivity index (χ2n) is 12.9. The lowest BCUT2D eigenvalue weighted by Crippen LogP contribution is -2.63. The van der Waals surface area contributed by atoms with Gasteiger partial charge in [-0.15, -0.1) is 0 Å². The zero-order chi connectivity index (χ0) is 23.7. The molecule has 4 saturated carbocycles. The number of carbonyl (C=O) groups is 1. The van der Waals surface area contributed by atoms with Gasteiger partial charge in [0.2, 0.25) is 0 Å². The molecule has 0 aromatic heterocycles. The first kappa shape index (κ1) is 23.4. The van der Waals surface area contributed by atoms with Crippen molar-refractivity contribution in [2.24, 2.45) is 34.5 Å². The van der Waals surface area contributed by atoms with Crippen LogP contribution >= 0.6 is 0 Å². The number of esters is 1. The van der Waals surface area contributed by atoms with Crippen molar-refractivity contribution in [2.45, 2.75) is 89.3 Å². The lowest BCUT2D eigenvalue weighted by Gasteiger charge is -2.64. The molecule has 0 aromatic rings. The predicted molar refractivity (Wildman–Crippen MR) is 128 cm³/mol. The van der Waals surface area contributed by atoms with E-state index in [0.29, 0.717) is 42.4 Å². The highest BCUT2D eigenvalue weighted by atomic mass is 16.5. The molecule has 34 heavy (non-hydrogen) atoms. The van der Waals surface area contributed by atoms with Crippen LogP contribution in [-0.2, 0) is 14.3 Å². The number of ether oxygens (including phenoxy) is 2. The number of nitrogens with zero attached hydrogens (tertiary/aromatic N) is 1. The Bertz CT molecular complexity index is 860. The summed E-state index contributed by atoms with van der Waals surface area (Å²) in [5, 5.41) is 22.3. The summed E-state index contributed by atoms with van der Waals surface area (Å²) in [6, 6.07) is 0.696. The largest absolute Gasteiger partial charge is 0.458 e. The fourth-order valence-electron chi connectivity index (χ4n) is 9.99. The van der Waals surface area contributed by atoms with Crippen LogP contribution in [0.4, 0.5) is 0 Å². The summed E-state index contributed by atoms with van der Waals surface area (Å²) in [6.07, 6.45) is 11.7.